The van der Waals surface area contributed by atoms with Crippen molar-refractivity contribution in [1.29, 1.82) is 0 Å². The molecule has 0 unspecified atom stereocenters. The van der Waals surface area contributed by atoms with Crippen molar-refractivity contribution < 1.29 is 36.0 Å². The molecule has 3 aromatic rings. The van der Waals surface area contributed by atoms with E-state index in [1.54, 1.807) is 18.2 Å². The summed E-state index contributed by atoms with van der Waals surface area (Å²) in [6.45, 7) is -0.0519. The van der Waals surface area contributed by atoms with Crippen molar-refractivity contribution in [2.45, 2.75) is 18.9 Å². The summed E-state index contributed by atoms with van der Waals surface area (Å²) in [5, 5.41) is 17.8. The fourth-order valence-electron chi connectivity index (χ4n) is 3.58. The summed E-state index contributed by atoms with van der Waals surface area (Å²) < 4.78 is 85.8. The second kappa shape index (κ2) is 8.36. The van der Waals surface area contributed by atoms with Crippen LogP contribution >= 0.6 is 0 Å². The minimum Gasteiger partial charge on any atom is -0.507 e. The standard InChI is InChI=1S/C23H13F6N5O2/c24-22(25,26)12-5-6-14(16(7-12)23(27,28)29)17-8-13(36-33-17)10-34-11-19-18(9-30-34)31-21(32-19)15-3-1-2-4-20(15)35/h1-9,11,35H,10H2. The number of rotatable bonds is 4. The molecule has 2 aliphatic rings. The lowest BCUT2D eigenvalue weighted by Crippen LogP contribution is -2.12. The first-order valence-corrected chi connectivity index (χ1v) is 10.2. The van der Waals surface area contributed by atoms with Crippen molar-refractivity contribution in [1.82, 2.24) is 24.9 Å². The Hall–Kier alpha value is -4.42. The molecule has 1 N–H and O–H groups in total. The number of aromatic nitrogens is 5. The molecule has 0 bridgehead atoms. The summed E-state index contributed by atoms with van der Waals surface area (Å²) in [5.74, 6) is 0.395. The molecule has 0 atom stereocenters. The lowest BCUT2D eigenvalue weighted by molar-refractivity contribution is -0.142. The number of imidazole rings is 1. The molecule has 1 aromatic heterocycles. The van der Waals surface area contributed by atoms with Gasteiger partial charge in [-0.3, -0.25) is 4.68 Å². The van der Waals surface area contributed by atoms with Crippen LogP contribution in [0.1, 0.15) is 16.9 Å². The fraction of sp³-hybridized carbons (Fsp3) is 0.130. The Kier molecular flexibility index (Phi) is 5.42. The average Bonchev–Trinajstić information content (AvgIpc) is 3.44. The zero-order chi connectivity index (χ0) is 25.7. The molecule has 0 spiro atoms. The molecule has 13 heteroatoms. The van der Waals surface area contributed by atoms with Crippen LogP contribution in [0.4, 0.5) is 26.3 Å². The second-order valence-electron chi connectivity index (χ2n) is 7.74. The maximum Gasteiger partial charge on any atom is 0.417 e. The number of alkyl halides is 6. The molecule has 3 heterocycles. The van der Waals surface area contributed by atoms with E-state index in [0.29, 0.717) is 29.1 Å². The lowest BCUT2D eigenvalue weighted by Gasteiger charge is -2.14. The average molecular weight is 505 g/mol. The maximum absolute atomic E-state index is 13.5. The van der Waals surface area contributed by atoms with Gasteiger partial charge in [-0.15, -0.1) is 0 Å². The zero-order valence-electron chi connectivity index (χ0n) is 17.8. The number of para-hydroxylation sites is 1. The quantitative estimate of drug-likeness (QED) is 0.307. The first kappa shape index (κ1) is 23.3. The second-order valence-corrected chi connectivity index (χ2v) is 7.74. The predicted octanol–water partition coefficient (Wildman–Crippen LogP) is 5.89. The molecule has 36 heavy (non-hydrogen) atoms. The van der Waals surface area contributed by atoms with Crippen molar-refractivity contribution in [3.63, 3.8) is 0 Å². The van der Waals surface area contributed by atoms with Crippen LogP contribution < -0.4 is 0 Å². The van der Waals surface area contributed by atoms with E-state index in [-0.39, 0.29) is 35.6 Å². The molecular weight excluding hydrogens is 492 g/mol. The van der Waals surface area contributed by atoms with E-state index in [4.69, 9.17) is 4.52 Å². The Morgan fingerprint density at radius 1 is 0.833 bits per heavy atom. The van der Waals surface area contributed by atoms with Gasteiger partial charge in [-0.2, -0.15) is 31.4 Å². The minimum absolute atomic E-state index is 0.00400. The Balaban J connectivity index is 1.44. The Morgan fingerprint density at radius 2 is 1.58 bits per heavy atom. The monoisotopic (exact) mass is 505 g/mol. The van der Waals surface area contributed by atoms with Crippen LogP contribution in [-0.2, 0) is 18.9 Å². The van der Waals surface area contributed by atoms with Gasteiger partial charge >= 0.3 is 12.4 Å². The van der Waals surface area contributed by atoms with Crippen molar-refractivity contribution in [2.24, 2.45) is 0 Å². The van der Waals surface area contributed by atoms with Crippen LogP contribution in [0.25, 0.3) is 34.0 Å². The summed E-state index contributed by atoms with van der Waals surface area (Å²) >= 11 is 0. The molecular formula is C23H13F6N5O2. The van der Waals surface area contributed by atoms with Crippen LogP contribution in [0.15, 0.2) is 65.4 Å². The topological polar surface area (TPSA) is 89.9 Å². The SMILES string of the molecule is Oc1ccccc1-c1nc2cnn(Cc3cc(-c4ccc(C(F)(F)F)cc4C(F)(F)F)no3)cc-2n1. The number of phenols is 1. The fourth-order valence-corrected chi connectivity index (χ4v) is 3.58. The zero-order valence-corrected chi connectivity index (χ0v) is 17.8. The van der Waals surface area contributed by atoms with Crippen LogP contribution in [-0.4, -0.2) is 30.0 Å². The summed E-state index contributed by atoms with van der Waals surface area (Å²) in [6, 6.07) is 9.03. The van der Waals surface area contributed by atoms with E-state index in [9.17, 15) is 31.4 Å². The summed E-state index contributed by atoms with van der Waals surface area (Å²) in [7, 11) is 0. The minimum atomic E-state index is -5.04. The van der Waals surface area contributed by atoms with Gasteiger partial charge in [0.25, 0.3) is 0 Å². The highest BCUT2D eigenvalue weighted by atomic mass is 19.4. The van der Waals surface area contributed by atoms with Crippen LogP contribution in [0.3, 0.4) is 0 Å². The van der Waals surface area contributed by atoms with Gasteiger partial charge in [-0.1, -0.05) is 23.4 Å². The van der Waals surface area contributed by atoms with Crippen LogP contribution in [0.2, 0.25) is 0 Å². The molecule has 0 aliphatic carbocycles. The van der Waals surface area contributed by atoms with E-state index in [0.717, 1.165) is 0 Å². The molecule has 0 fully saturated rings. The number of fused-ring (bicyclic) bond motifs is 1. The van der Waals surface area contributed by atoms with E-state index < -0.39 is 29.0 Å². The number of hydrogen-bond donors (Lipinski definition) is 1. The van der Waals surface area contributed by atoms with E-state index in [1.165, 1.54) is 29.2 Å². The van der Waals surface area contributed by atoms with Crippen molar-refractivity contribution in [3.05, 3.63) is 77.8 Å². The number of aromatic hydroxyl groups is 1. The van der Waals surface area contributed by atoms with Gasteiger partial charge in [0, 0.05) is 11.6 Å². The molecule has 0 amide bonds. The molecule has 7 nitrogen and oxygen atoms in total. The smallest absolute Gasteiger partial charge is 0.417 e. The molecule has 5 rings (SSSR count). The summed E-state index contributed by atoms with van der Waals surface area (Å²) in [6.07, 6.45) is -7.04. The van der Waals surface area contributed by atoms with Crippen LogP contribution in [0.5, 0.6) is 5.75 Å². The van der Waals surface area contributed by atoms with Gasteiger partial charge < -0.3 is 9.63 Å². The molecule has 2 aromatic carbocycles. The normalized spacial score (nSPS) is 12.4. The number of halogens is 6. The van der Waals surface area contributed by atoms with Gasteiger partial charge in [-0.05, 0) is 24.3 Å². The van der Waals surface area contributed by atoms with E-state index in [1.807, 2.05) is 0 Å². The van der Waals surface area contributed by atoms with E-state index in [2.05, 4.69) is 20.2 Å². The molecule has 0 saturated carbocycles. The Morgan fingerprint density at radius 3 is 2.31 bits per heavy atom. The lowest BCUT2D eigenvalue weighted by atomic mass is 10.0. The van der Waals surface area contributed by atoms with Gasteiger partial charge in [0.15, 0.2) is 11.6 Å². The van der Waals surface area contributed by atoms with E-state index >= 15 is 0 Å². The summed E-state index contributed by atoms with van der Waals surface area (Å²) in [5.41, 5.74) is -2.41. The number of benzene rings is 2. The first-order valence-electron chi connectivity index (χ1n) is 10.2. The third-order valence-corrected chi connectivity index (χ3v) is 5.26. The molecule has 0 saturated heterocycles. The molecule has 0 radical (unpaired) electrons. The predicted molar refractivity (Wildman–Crippen MR) is 113 cm³/mol. The molecule has 184 valence electrons. The third-order valence-electron chi connectivity index (χ3n) is 5.26. The maximum atomic E-state index is 13.5. The van der Waals surface area contributed by atoms with Gasteiger partial charge in [0.2, 0.25) is 0 Å². The Bertz CT molecular complexity index is 1520. The van der Waals surface area contributed by atoms with Crippen molar-refractivity contribution >= 4 is 0 Å². The Labute approximate surface area is 198 Å². The highest BCUT2D eigenvalue weighted by molar-refractivity contribution is 5.69. The molecule has 2 aliphatic heterocycles. The van der Waals surface area contributed by atoms with Crippen LogP contribution in [0, 0.1) is 0 Å². The van der Waals surface area contributed by atoms with Gasteiger partial charge in [-0.25, -0.2) is 9.97 Å². The number of hydrogen-bond acceptors (Lipinski definition) is 6. The third kappa shape index (κ3) is 4.46. The first-order chi connectivity index (χ1) is 17.0. The van der Waals surface area contributed by atoms with Gasteiger partial charge in [0.1, 0.15) is 29.4 Å². The van der Waals surface area contributed by atoms with Crippen molar-refractivity contribution in [3.8, 4) is 39.8 Å². The van der Waals surface area contributed by atoms with Gasteiger partial charge in [0.05, 0.1) is 29.1 Å². The largest absolute Gasteiger partial charge is 0.507 e. The summed E-state index contributed by atoms with van der Waals surface area (Å²) in [4.78, 5) is 8.69. The number of phenolic OH excluding ortho intramolecular Hbond substituents is 1. The highest BCUT2D eigenvalue weighted by Gasteiger charge is 2.39. The highest BCUT2D eigenvalue weighted by Crippen LogP contribution is 2.40. The number of nitrogens with zero attached hydrogens (tertiary/aromatic N) is 5. The van der Waals surface area contributed by atoms with Crippen molar-refractivity contribution in [2.75, 3.05) is 0 Å².